The summed E-state index contributed by atoms with van der Waals surface area (Å²) >= 11 is 1.53. The Kier molecular flexibility index (Phi) is 2.17. The van der Waals surface area contributed by atoms with Crippen LogP contribution in [0.2, 0.25) is 0 Å². The van der Waals surface area contributed by atoms with Crippen molar-refractivity contribution < 1.29 is 5.11 Å². The normalized spacial score (nSPS) is 15.4. The first-order valence-electron chi connectivity index (χ1n) is 4.36. The molecule has 0 aromatic carbocycles. The van der Waals surface area contributed by atoms with Gasteiger partial charge in [-0.25, -0.2) is 4.98 Å². The number of aliphatic hydroxyl groups is 1. The van der Waals surface area contributed by atoms with Crippen LogP contribution in [0.15, 0.2) is 29.9 Å². The summed E-state index contributed by atoms with van der Waals surface area (Å²) in [5, 5.41) is 12.3. The fourth-order valence-corrected chi connectivity index (χ4v) is 2.28. The van der Waals surface area contributed by atoms with Crippen molar-refractivity contribution in [3.8, 4) is 0 Å². The number of hydrogen-bond acceptors (Lipinski definition) is 3. The smallest absolute Gasteiger partial charge is 0.153 e. The highest BCUT2D eigenvalue weighted by atomic mass is 32.1. The molecule has 0 fully saturated rings. The Labute approximate surface area is 86.7 Å². The van der Waals surface area contributed by atoms with E-state index in [4.69, 9.17) is 0 Å². The molecule has 1 N–H and O–H groups in total. The van der Waals surface area contributed by atoms with Crippen molar-refractivity contribution in [3.63, 3.8) is 0 Å². The van der Waals surface area contributed by atoms with Gasteiger partial charge in [0.05, 0.1) is 0 Å². The van der Waals surface area contributed by atoms with Crippen LogP contribution in [0, 0.1) is 0 Å². The first-order chi connectivity index (χ1) is 6.62. The fourth-order valence-electron chi connectivity index (χ4n) is 1.50. The Morgan fingerprint density at radius 1 is 1.57 bits per heavy atom. The largest absolute Gasteiger partial charge is 0.377 e. The van der Waals surface area contributed by atoms with Crippen molar-refractivity contribution >= 4 is 11.3 Å². The molecule has 2 aromatic rings. The van der Waals surface area contributed by atoms with Gasteiger partial charge in [0.25, 0.3) is 0 Å². The molecule has 0 aliphatic rings. The van der Waals surface area contributed by atoms with Crippen molar-refractivity contribution in [2.24, 2.45) is 7.05 Å². The van der Waals surface area contributed by atoms with E-state index >= 15 is 0 Å². The minimum absolute atomic E-state index is 0.667. The molecule has 74 valence electrons. The Bertz CT molecular complexity index is 417. The van der Waals surface area contributed by atoms with Gasteiger partial charge in [0.1, 0.15) is 5.82 Å². The van der Waals surface area contributed by atoms with E-state index in [1.807, 2.05) is 35.3 Å². The fraction of sp³-hybridized carbons (Fsp3) is 0.300. The van der Waals surface area contributed by atoms with E-state index in [1.165, 1.54) is 11.3 Å². The summed E-state index contributed by atoms with van der Waals surface area (Å²) in [6.45, 7) is 1.77. The zero-order valence-corrected chi connectivity index (χ0v) is 8.95. The van der Waals surface area contributed by atoms with Crippen molar-refractivity contribution in [1.82, 2.24) is 9.55 Å². The van der Waals surface area contributed by atoms with E-state index < -0.39 is 5.60 Å². The summed E-state index contributed by atoms with van der Waals surface area (Å²) in [6.07, 6.45) is 3.52. The van der Waals surface area contributed by atoms with Crippen LogP contribution in [0.25, 0.3) is 0 Å². The van der Waals surface area contributed by atoms with Gasteiger partial charge in [-0.3, -0.25) is 0 Å². The maximum absolute atomic E-state index is 10.3. The summed E-state index contributed by atoms with van der Waals surface area (Å²) in [5.41, 5.74) is -0.994. The minimum atomic E-state index is -0.994. The van der Waals surface area contributed by atoms with Gasteiger partial charge in [-0.15, -0.1) is 11.3 Å². The van der Waals surface area contributed by atoms with E-state index in [9.17, 15) is 5.11 Å². The van der Waals surface area contributed by atoms with E-state index in [0.29, 0.717) is 5.82 Å². The van der Waals surface area contributed by atoms with Gasteiger partial charge >= 0.3 is 0 Å². The Morgan fingerprint density at radius 2 is 2.36 bits per heavy atom. The third-order valence-electron chi connectivity index (χ3n) is 2.26. The second-order valence-corrected chi connectivity index (χ2v) is 4.36. The van der Waals surface area contributed by atoms with Crippen LogP contribution in [-0.2, 0) is 12.6 Å². The number of rotatable bonds is 2. The average Bonchev–Trinajstić information content (AvgIpc) is 2.72. The molecule has 0 saturated carbocycles. The summed E-state index contributed by atoms with van der Waals surface area (Å²) in [5.74, 6) is 0.667. The lowest BCUT2D eigenvalue weighted by molar-refractivity contribution is 0.0931. The zero-order valence-electron chi connectivity index (χ0n) is 8.14. The van der Waals surface area contributed by atoms with Crippen LogP contribution < -0.4 is 0 Å². The van der Waals surface area contributed by atoms with Gasteiger partial charge in [0.2, 0.25) is 0 Å². The molecule has 0 radical (unpaired) electrons. The predicted molar refractivity (Wildman–Crippen MR) is 56.2 cm³/mol. The van der Waals surface area contributed by atoms with Gasteiger partial charge in [-0.1, -0.05) is 6.07 Å². The number of nitrogens with zero attached hydrogens (tertiary/aromatic N) is 2. The molecule has 3 nitrogen and oxygen atoms in total. The van der Waals surface area contributed by atoms with Crippen molar-refractivity contribution in [2.75, 3.05) is 0 Å². The molecule has 1 unspecified atom stereocenters. The lowest BCUT2D eigenvalue weighted by Gasteiger charge is -2.21. The molecule has 1 atom stereocenters. The molecule has 0 saturated heterocycles. The van der Waals surface area contributed by atoms with Crippen LogP contribution in [0.5, 0.6) is 0 Å². The molecule has 0 aliphatic carbocycles. The first kappa shape index (κ1) is 9.43. The Balaban J connectivity index is 2.48. The molecule has 2 aromatic heterocycles. The summed E-state index contributed by atoms with van der Waals surface area (Å²) in [4.78, 5) is 5.07. The van der Waals surface area contributed by atoms with Crippen LogP contribution >= 0.6 is 11.3 Å². The zero-order chi connectivity index (χ0) is 10.2. The summed E-state index contributed by atoms with van der Waals surface area (Å²) in [7, 11) is 1.88. The molecule has 2 rings (SSSR count). The van der Waals surface area contributed by atoms with Gasteiger partial charge in [-0.2, -0.15) is 0 Å². The van der Waals surface area contributed by atoms with Crippen molar-refractivity contribution in [2.45, 2.75) is 12.5 Å². The van der Waals surface area contributed by atoms with Crippen LogP contribution in [0.1, 0.15) is 17.6 Å². The highest BCUT2D eigenvalue weighted by molar-refractivity contribution is 7.10. The van der Waals surface area contributed by atoms with Crippen LogP contribution in [0.3, 0.4) is 0 Å². The lowest BCUT2D eigenvalue weighted by Crippen LogP contribution is -2.25. The first-order valence-corrected chi connectivity index (χ1v) is 5.24. The van der Waals surface area contributed by atoms with E-state index in [2.05, 4.69) is 4.98 Å². The maximum Gasteiger partial charge on any atom is 0.153 e. The van der Waals surface area contributed by atoms with Crippen molar-refractivity contribution in [3.05, 3.63) is 40.6 Å². The predicted octanol–water partition coefficient (Wildman–Crippen LogP) is 1.74. The Hall–Kier alpha value is -1.13. The molecular weight excluding hydrogens is 196 g/mol. The highest BCUT2D eigenvalue weighted by Gasteiger charge is 2.30. The van der Waals surface area contributed by atoms with Gasteiger partial charge in [0, 0.05) is 24.3 Å². The SMILES string of the molecule is Cn1ccnc1C(C)(O)c1cccs1. The molecule has 0 bridgehead atoms. The summed E-state index contributed by atoms with van der Waals surface area (Å²) in [6, 6.07) is 3.84. The van der Waals surface area contributed by atoms with Gasteiger partial charge in [0.15, 0.2) is 5.60 Å². The number of aromatic nitrogens is 2. The summed E-state index contributed by atoms with van der Waals surface area (Å²) < 4.78 is 1.83. The highest BCUT2D eigenvalue weighted by Crippen LogP contribution is 2.30. The van der Waals surface area contributed by atoms with Gasteiger partial charge < -0.3 is 9.67 Å². The maximum atomic E-state index is 10.3. The van der Waals surface area contributed by atoms with Gasteiger partial charge in [-0.05, 0) is 18.4 Å². The molecule has 0 amide bonds. The molecular formula is C10H12N2OS. The topological polar surface area (TPSA) is 38.0 Å². The standard InChI is InChI=1S/C10H12N2OS/c1-10(13,8-4-3-7-14-8)9-11-5-6-12(9)2/h3-7,13H,1-2H3. The third-order valence-corrected chi connectivity index (χ3v) is 3.34. The third kappa shape index (κ3) is 1.36. The second kappa shape index (κ2) is 3.22. The average molecular weight is 208 g/mol. The van der Waals surface area contributed by atoms with Crippen LogP contribution in [0.4, 0.5) is 0 Å². The quantitative estimate of drug-likeness (QED) is 0.816. The second-order valence-electron chi connectivity index (χ2n) is 3.41. The van der Waals surface area contributed by atoms with Crippen LogP contribution in [-0.4, -0.2) is 14.7 Å². The van der Waals surface area contributed by atoms with E-state index in [0.717, 1.165) is 4.88 Å². The monoisotopic (exact) mass is 208 g/mol. The molecule has 2 heterocycles. The molecule has 0 spiro atoms. The van der Waals surface area contributed by atoms with E-state index in [-0.39, 0.29) is 0 Å². The van der Waals surface area contributed by atoms with Crippen molar-refractivity contribution in [1.29, 1.82) is 0 Å². The minimum Gasteiger partial charge on any atom is -0.377 e. The number of imidazole rings is 1. The number of aryl methyl sites for hydroxylation is 1. The molecule has 14 heavy (non-hydrogen) atoms. The lowest BCUT2D eigenvalue weighted by atomic mass is 10.0. The number of thiophene rings is 1. The number of hydrogen-bond donors (Lipinski definition) is 1. The van der Waals surface area contributed by atoms with E-state index in [1.54, 1.807) is 13.1 Å². The Morgan fingerprint density at radius 3 is 2.86 bits per heavy atom. The molecule has 0 aliphatic heterocycles. The molecule has 4 heteroatoms.